The Labute approximate surface area is 191 Å². The van der Waals surface area contributed by atoms with Gasteiger partial charge in [0.05, 0.1) is 37.3 Å². The van der Waals surface area contributed by atoms with Gasteiger partial charge >= 0.3 is 0 Å². The molecule has 0 unspecified atom stereocenters. The predicted octanol–water partition coefficient (Wildman–Crippen LogP) is 2.42. The minimum absolute atomic E-state index is 0.141. The lowest BCUT2D eigenvalue weighted by Gasteiger charge is -2.23. The summed E-state index contributed by atoms with van der Waals surface area (Å²) in [7, 11) is 1.60. The van der Waals surface area contributed by atoms with E-state index < -0.39 is 6.04 Å². The highest BCUT2D eigenvalue weighted by Gasteiger charge is 2.43. The number of likely N-dealkylation sites (tertiary alicyclic amines) is 1. The fraction of sp³-hybridized carbons (Fsp3) is 0.333. The van der Waals surface area contributed by atoms with Gasteiger partial charge in [0.1, 0.15) is 23.6 Å². The van der Waals surface area contributed by atoms with Crippen molar-refractivity contribution < 1.29 is 19.1 Å². The highest BCUT2D eigenvalue weighted by molar-refractivity contribution is 6.02. The number of aromatic amines is 1. The van der Waals surface area contributed by atoms with Crippen molar-refractivity contribution in [3.8, 4) is 22.8 Å². The van der Waals surface area contributed by atoms with Crippen molar-refractivity contribution in [2.75, 3.05) is 13.7 Å². The van der Waals surface area contributed by atoms with Crippen LogP contribution in [-0.2, 0) is 4.79 Å². The average molecular weight is 447 g/mol. The summed E-state index contributed by atoms with van der Waals surface area (Å²) in [5.41, 5.74) is 1.81. The van der Waals surface area contributed by atoms with Gasteiger partial charge in [-0.1, -0.05) is 0 Å². The molecule has 2 N–H and O–H groups in total. The number of rotatable bonds is 7. The van der Waals surface area contributed by atoms with Crippen molar-refractivity contribution in [3.63, 3.8) is 0 Å². The number of aromatic nitrogens is 3. The highest BCUT2D eigenvalue weighted by atomic mass is 16.5. The van der Waals surface area contributed by atoms with Crippen LogP contribution in [0.1, 0.15) is 29.6 Å². The predicted molar refractivity (Wildman–Crippen MR) is 120 cm³/mol. The number of pyridine rings is 1. The number of ether oxygens (including phenoxy) is 2. The molecule has 0 bridgehead atoms. The second kappa shape index (κ2) is 8.93. The first-order valence-electron chi connectivity index (χ1n) is 11.0. The van der Waals surface area contributed by atoms with Gasteiger partial charge in [0.2, 0.25) is 5.91 Å². The second-order valence-corrected chi connectivity index (χ2v) is 8.31. The summed E-state index contributed by atoms with van der Waals surface area (Å²) >= 11 is 0. The van der Waals surface area contributed by atoms with E-state index >= 15 is 0 Å². The summed E-state index contributed by atoms with van der Waals surface area (Å²) in [6.45, 7) is 0.295. The van der Waals surface area contributed by atoms with Crippen LogP contribution in [0, 0.1) is 0 Å². The Hall–Kier alpha value is -3.88. The molecule has 0 radical (unpaired) electrons. The summed E-state index contributed by atoms with van der Waals surface area (Å²) < 4.78 is 11.3. The van der Waals surface area contributed by atoms with Crippen molar-refractivity contribution in [1.82, 2.24) is 25.4 Å². The molecule has 3 heterocycles. The molecule has 1 aliphatic heterocycles. The van der Waals surface area contributed by atoms with E-state index in [0.29, 0.717) is 30.0 Å². The highest BCUT2D eigenvalue weighted by Crippen LogP contribution is 2.30. The minimum Gasteiger partial charge on any atom is -0.497 e. The topological polar surface area (TPSA) is 109 Å². The molecule has 1 saturated carbocycles. The van der Waals surface area contributed by atoms with Crippen molar-refractivity contribution >= 4 is 11.8 Å². The van der Waals surface area contributed by atoms with E-state index in [1.54, 1.807) is 30.5 Å². The van der Waals surface area contributed by atoms with Crippen molar-refractivity contribution in [3.05, 3.63) is 60.6 Å². The number of H-pyrrole nitrogens is 1. The first kappa shape index (κ1) is 21.0. The number of carbonyl (C=O) groups excluding carboxylic acids is 2. The van der Waals surface area contributed by atoms with Crippen LogP contribution in [0.5, 0.6) is 11.5 Å². The van der Waals surface area contributed by atoms with Crippen molar-refractivity contribution in [2.24, 2.45) is 0 Å². The number of nitrogens with zero attached hydrogens (tertiary/aromatic N) is 3. The summed E-state index contributed by atoms with van der Waals surface area (Å²) in [6.07, 6.45) is 6.85. The average Bonchev–Trinajstić information content (AvgIpc) is 3.34. The van der Waals surface area contributed by atoms with E-state index in [4.69, 9.17) is 9.47 Å². The van der Waals surface area contributed by atoms with Crippen LogP contribution in [-0.4, -0.2) is 63.7 Å². The molecule has 3 aromatic rings. The van der Waals surface area contributed by atoms with Crippen LogP contribution in [0.4, 0.5) is 0 Å². The first-order valence-corrected chi connectivity index (χ1v) is 11.0. The fourth-order valence-corrected chi connectivity index (χ4v) is 4.07. The van der Waals surface area contributed by atoms with E-state index in [9.17, 15) is 9.59 Å². The minimum atomic E-state index is -0.613. The van der Waals surface area contributed by atoms with Gasteiger partial charge in [0.25, 0.3) is 5.91 Å². The van der Waals surface area contributed by atoms with Gasteiger partial charge in [-0.15, -0.1) is 0 Å². The van der Waals surface area contributed by atoms with Crippen LogP contribution in [0.25, 0.3) is 11.3 Å². The number of benzene rings is 1. The molecule has 2 aromatic heterocycles. The van der Waals surface area contributed by atoms with Gasteiger partial charge in [0.15, 0.2) is 0 Å². The van der Waals surface area contributed by atoms with Crippen LogP contribution in [0.3, 0.4) is 0 Å². The maximum Gasteiger partial charge on any atom is 0.258 e. The molecule has 0 spiro atoms. The number of amides is 2. The Balaban J connectivity index is 1.39. The van der Waals surface area contributed by atoms with Gasteiger partial charge in [-0.3, -0.25) is 19.7 Å². The first-order chi connectivity index (χ1) is 16.1. The van der Waals surface area contributed by atoms with Crippen molar-refractivity contribution in [2.45, 2.75) is 37.5 Å². The largest absolute Gasteiger partial charge is 0.497 e. The molecule has 1 aliphatic carbocycles. The zero-order valence-corrected chi connectivity index (χ0v) is 18.2. The van der Waals surface area contributed by atoms with Gasteiger partial charge in [-0.2, -0.15) is 5.10 Å². The van der Waals surface area contributed by atoms with E-state index in [1.165, 1.54) is 6.20 Å². The quantitative estimate of drug-likeness (QED) is 0.576. The molecule has 1 saturated heterocycles. The Morgan fingerprint density at radius 3 is 2.64 bits per heavy atom. The summed E-state index contributed by atoms with van der Waals surface area (Å²) in [6, 6.07) is 10.6. The lowest BCUT2D eigenvalue weighted by Crippen LogP contribution is -2.46. The summed E-state index contributed by atoms with van der Waals surface area (Å²) in [5, 5.41) is 10.1. The third-order valence-corrected chi connectivity index (χ3v) is 5.94. The number of hydrogen-bond acceptors (Lipinski definition) is 6. The molecule has 170 valence electrons. The van der Waals surface area contributed by atoms with Crippen LogP contribution in [0.2, 0.25) is 0 Å². The third kappa shape index (κ3) is 4.52. The standard InChI is InChI=1S/C24H25N5O4/c1-32-17-8-4-15(5-9-17)22-20(13-26-28-22)24(31)29-14-19(33-18-3-2-10-25-12-18)11-21(29)23(30)27-16-6-7-16/h2-5,8-10,12-13,16,19,21H,6-7,11,14H2,1H3,(H,26,28)(H,27,30)/t19-,21-/m0/s1. The molecule has 5 rings (SSSR count). The SMILES string of the molecule is COc1ccc(-c2[nH]ncc2C(=O)N2C[C@@H](Oc3cccnc3)C[C@H]2C(=O)NC2CC2)cc1. The Morgan fingerprint density at radius 1 is 1.12 bits per heavy atom. The maximum atomic E-state index is 13.6. The number of nitrogens with one attached hydrogen (secondary N) is 2. The van der Waals surface area contributed by atoms with Gasteiger partial charge < -0.3 is 19.7 Å². The molecule has 2 amide bonds. The van der Waals surface area contributed by atoms with Crippen LogP contribution < -0.4 is 14.8 Å². The van der Waals surface area contributed by atoms with Crippen LogP contribution in [0.15, 0.2) is 55.0 Å². The smallest absolute Gasteiger partial charge is 0.258 e. The zero-order chi connectivity index (χ0) is 22.8. The third-order valence-electron chi connectivity index (χ3n) is 5.94. The van der Waals surface area contributed by atoms with E-state index in [2.05, 4.69) is 20.5 Å². The molecule has 33 heavy (non-hydrogen) atoms. The molecule has 1 aromatic carbocycles. The van der Waals surface area contributed by atoms with Gasteiger partial charge in [-0.25, -0.2) is 0 Å². The number of methoxy groups -OCH3 is 1. The van der Waals surface area contributed by atoms with Gasteiger partial charge in [-0.05, 0) is 49.2 Å². The zero-order valence-electron chi connectivity index (χ0n) is 18.2. The van der Waals surface area contributed by atoms with E-state index in [0.717, 1.165) is 24.2 Å². The van der Waals surface area contributed by atoms with Gasteiger partial charge in [0, 0.05) is 24.2 Å². The van der Waals surface area contributed by atoms with Crippen LogP contribution >= 0.6 is 0 Å². The number of hydrogen-bond donors (Lipinski definition) is 2. The Bertz CT molecular complexity index is 1130. The summed E-state index contributed by atoms with van der Waals surface area (Å²) in [5.74, 6) is 0.929. The Kier molecular flexibility index (Phi) is 5.68. The normalized spacial score (nSPS) is 19.8. The lowest BCUT2D eigenvalue weighted by atomic mass is 10.1. The number of carbonyl (C=O) groups is 2. The van der Waals surface area contributed by atoms with E-state index in [-0.39, 0.29) is 24.0 Å². The molecule has 2 aliphatic rings. The fourth-order valence-electron chi connectivity index (χ4n) is 4.07. The molecule has 2 fully saturated rings. The molecule has 2 atom stereocenters. The molecular formula is C24H25N5O4. The van der Waals surface area contributed by atoms with E-state index in [1.807, 2.05) is 30.3 Å². The maximum absolute atomic E-state index is 13.6. The Morgan fingerprint density at radius 2 is 1.94 bits per heavy atom. The molecule has 9 heteroatoms. The second-order valence-electron chi connectivity index (χ2n) is 8.31. The monoisotopic (exact) mass is 447 g/mol. The van der Waals surface area contributed by atoms with Crippen molar-refractivity contribution in [1.29, 1.82) is 0 Å². The molecule has 9 nitrogen and oxygen atoms in total. The molecular weight excluding hydrogens is 422 g/mol. The lowest BCUT2D eigenvalue weighted by molar-refractivity contribution is -0.125. The summed E-state index contributed by atoms with van der Waals surface area (Å²) in [4.78, 5) is 32.3.